The quantitative estimate of drug-likeness (QED) is 0.323. The van der Waals surface area contributed by atoms with Crippen LogP contribution in [0.1, 0.15) is 24.0 Å². The highest BCUT2D eigenvalue weighted by Crippen LogP contribution is 2.38. The zero-order valence-electron chi connectivity index (χ0n) is 19.7. The van der Waals surface area contributed by atoms with Gasteiger partial charge in [-0.3, -0.25) is 4.79 Å². The molecule has 35 heavy (non-hydrogen) atoms. The monoisotopic (exact) mass is 506 g/mol. The molecule has 0 radical (unpaired) electrons. The molecule has 8 heteroatoms. The summed E-state index contributed by atoms with van der Waals surface area (Å²) in [5, 5.41) is 7.37. The van der Waals surface area contributed by atoms with Crippen LogP contribution in [0.4, 0.5) is 4.39 Å². The summed E-state index contributed by atoms with van der Waals surface area (Å²) in [6, 6.07) is 13.6. The maximum atomic E-state index is 14.2. The smallest absolute Gasteiger partial charge is 0.224 e. The van der Waals surface area contributed by atoms with E-state index in [4.69, 9.17) is 0 Å². The summed E-state index contributed by atoms with van der Waals surface area (Å²) < 4.78 is 14.2. The van der Waals surface area contributed by atoms with E-state index in [1.54, 1.807) is 37.1 Å². The minimum Gasteiger partial charge on any atom is -0.352 e. The van der Waals surface area contributed by atoms with Crippen molar-refractivity contribution in [1.82, 2.24) is 20.6 Å². The summed E-state index contributed by atoms with van der Waals surface area (Å²) in [6.45, 7) is 3.90. The van der Waals surface area contributed by atoms with Crippen molar-refractivity contribution < 1.29 is 9.18 Å². The average Bonchev–Trinajstić information content (AvgIpc) is 3.34. The first-order valence-electron chi connectivity index (χ1n) is 11.7. The number of thiophene rings is 1. The SMILES string of the molecule is CSc1ccc(CNC(=O)[C@H]2CCCNC2)c(-c2ncnc3sc(-c4ccc(C)c(F)c4)cc23)c1. The Balaban J connectivity index is 1.51. The number of nitrogens with zero attached hydrogens (tertiary/aromatic N) is 2. The summed E-state index contributed by atoms with van der Waals surface area (Å²) in [5.41, 5.74) is 4.26. The molecule has 0 unspecified atom stereocenters. The summed E-state index contributed by atoms with van der Waals surface area (Å²) in [4.78, 5) is 24.8. The Hall–Kier alpha value is -2.81. The van der Waals surface area contributed by atoms with Gasteiger partial charge in [-0.2, -0.15) is 0 Å². The van der Waals surface area contributed by atoms with E-state index in [2.05, 4.69) is 38.8 Å². The minimum atomic E-state index is -0.217. The van der Waals surface area contributed by atoms with E-state index in [0.717, 1.165) is 68.3 Å². The number of carbonyl (C=O) groups excluding carboxylic acids is 1. The number of amides is 1. The highest BCUT2D eigenvalue weighted by Gasteiger charge is 2.21. The molecule has 3 heterocycles. The fourth-order valence-corrected chi connectivity index (χ4v) is 5.85. The Morgan fingerprint density at radius 2 is 2.11 bits per heavy atom. The number of thioether (sulfide) groups is 1. The summed E-state index contributed by atoms with van der Waals surface area (Å²) in [6.07, 6.45) is 5.56. The molecular weight excluding hydrogens is 479 g/mol. The molecule has 2 aromatic carbocycles. The second-order valence-corrected chi connectivity index (χ2v) is 10.7. The van der Waals surface area contributed by atoms with Gasteiger partial charge < -0.3 is 10.6 Å². The molecule has 1 saturated heterocycles. The first-order chi connectivity index (χ1) is 17.0. The third-order valence-corrected chi connectivity index (χ3v) is 8.30. The molecule has 0 bridgehead atoms. The first kappa shape index (κ1) is 23.9. The van der Waals surface area contributed by atoms with Crippen LogP contribution in [0.5, 0.6) is 0 Å². The van der Waals surface area contributed by atoms with Crippen molar-refractivity contribution >= 4 is 39.2 Å². The van der Waals surface area contributed by atoms with E-state index in [9.17, 15) is 9.18 Å². The highest BCUT2D eigenvalue weighted by molar-refractivity contribution is 7.98. The molecule has 1 atom stereocenters. The second kappa shape index (κ2) is 10.4. The van der Waals surface area contributed by atoms with Crippen molar-refractivity contribution in [1.29, 1.82) is 0 Å². The Labute approximate surface area is 212 Å². The zero-order valence-corrected chi connectivity index (χ0v) is 21.4. The van der Waals surface area contributed by atoms with Crippen LogP contribution in [-0.2, 0) is 11.3 Å². The Morgan fingerprint density at radius 3 is 2.89 bits per heavy atom. The Bertz CT molecular complexity index is 1380. The molecule has 180 valence electrons. The lowest BCUT2D eigenvalue weighted by Gasteiger charge is -2.22. The van der Waals surface area contributed by atoms with Crippen LogP contribution >= 0.6 is 23.1 Å². The number of hydrogen-bond acceptors (Lipinski definition) is 6. The molecule has 1 fully saturated rings. The third-order valence-electron chi connectivity index (χ3n) is 6.48. The van der Waals surface area contributed by atoms with Crippen LogP contribution in [0.3, 0.4) is 0 Å². The van der Waals surface area contributed by atoms with Crippen LogP contribution in [0, 0.1) is 18.7 Å². The van der Waals surface area contributed by atoms with Crippen molar-refractivity contribution in [3.63, 3.8) is 0 Å². The average molecular weight is 507 g/mol. The number of carbonyl (C=O) groups is 1. The van der Waals surface area contributed by atoms with Gasteiger partial charge in [-0.1, -0.05) is 18.2 Å². The summed E-state index contributed by atoms with van der Waals surface area (Å²) >= 11 is 3.19. The molecule has 5 rings (SSSR count). The number of halogens is 1. The van der Waals surface area contributed by atoms with Crippen LogP contribution < -0.4 is 10.6 Å². The molecule has 5 nitrogen and oxygen atoms in total. The summed E-state index contributed by atoms with van der Waals surface area (Å²) in [5.74, 6) is -0.118. The van der Waals surface area contributed by atoms with Gasteiger partial charge in [-0.05, 0) is 73.5 Å². The third kappa shape index (κ3) is 5.10. The van der Waals surface area contributed by atoms with Crippen molar-refractivity contribution in [2.75, 3.05) is 19.3 Å². The van der Waals surface area contributed by atoms with Gasteiger partial charge in [0.1, 0.15) is 17.0 Å². The lowest BCUT2D eigenvalue weighted by molar-refractivity contribution is -0.125. The van der Waals surface area contributed by atoms with Crippen molar-refractivity contribution in [2.24, 2.45) is 5.92 Å². The molecule has 0 spiro atoms. The molecule has 1 aliphatic heterocycles. The van der Waals surface area contributed by atoms with Gasteiger partial charge in [-0.15, -0.1) is 23.1 Å². The van der Waals surface area contributed by atoms with Crippen LogP contribution in [0.15, 0.2) is 53.7 Å². The molecule has 0 aliphatic carbocycles. The van der Waals surface area contributed by atoms with Crippen molar-refractivity contribution in [2.45, 2.75) is 31.2 Å². The number of aromatic nitrogens is 2. The van der Waals surface area contributed by atoms with Gasteiger partial charge >= 0.3 is 0 Å². The standard InChI is InChI=1S/C27H27FN4OS2/c1-16-5-6-17(10-23(16)28)24-12-22-25(31-15-32-27(22)35-24)21-11-20(34-2)8-7-18(21)14-30-26(33)19-4-3-9-29-13-19/h5-8,10-12,15,19,29H,3-4,9,13-14H2,1-2H3,(H,30,33)/t19-/m0/s1. The van der Waals surface area contributed by atoms with E-state index in [1.165, 1.54) is 11.3 Å². The van der Waals surface area contributed by atoms with Gasteiger partial charge in [0.05, 0.1) is 11.6 Å². The number of rotatable bonds is 6. The molecule has 1 aliphatic rings. The lowest BCUT2D eigenvalue weighted by Crippen LogP contribution is -2.40. The molecule has 2 N–H and O–H groups in total. The number of hydrogen-bond donors (Lipinski definition) is 2. The predicted octanol–water partition coefficient (Wildman–Crippen LogP) is 5.81. The van der Waals surface area contributed by atoms with E-state index in [1.807, 2.05) is 18.4 Å². The molecular formula is C27H27FN4OS2. The number of fused-ring (bicyclic) bond motifs is 1. The number of benzene rings is 2. The zero-order chi connectivity index (χ0) is 24.4. The van der Waals surface area contributed by atoms with E-state index in [0.29, 0.717) is 12.1 Å². The Morgan fingerprint density at radius 1 is 1.23 bits per heavy atom. The number of piperidine rings is 1. The van der Waals surface area contributed by atoms with Crippen LogP contribution in [0.2, 0.25) is 0 Å². The van der Waals surface area contributed by atoms with Gasteiger partial charge in [0.2, 0.25) is 5.91 Å². The predicted molar refractivity (Wildman–Crippen MR) is 142 cm³/mol. The second-order valence-electron chi connectivity index (χ2n) is 8.80. The number of aryl methyl sites for hydroxylation is 1. The van der Waals surface area contributed by atoms with Gasteiger partial charge in [0.25, 0.3) is 0 Å². The normalized spacial score (nSPS) is 15.9. The largest absolute Gasteiger partial charge is 0.352 e. The topological polar surface area (TPSA) is 66.9 Å². The number of nitrogens with one attached hydrogen (secondary N) is 2. The maximum Gasteiger partial charge on any atom is 0.224 e. The minimum absolute atomic E-state index is 0.0118. The van der Waals surface area contributed by atoms with Crippen LogP contribution in [0.25, 0.3) is 31.9 Å². The van der Waals surface area contributed by atoms with Crippen molar-refractivity contribution in [3.8, 4) is 21.7 Å². The molecule has 4 aromatic rings. The lowest BCUT2D eigenvalue weighted by atomic mass is 9.98. The fraction of sp³-hybridized carbons (Fsp3) is 0.296. The molecule has 2 aromatic heterocycles. The Kier molecular flexibility index (Phi) is 7.13. The molecule has 0 saturated carbocycles. The fourth-order valence-electron chi connectivity index (χ4n) is 4.42. The van der Waals surface area contributed by atoms with Gasteiger partial charge in [0.15, 0.2) is 0 Å². The van der Waals surface area contributed by atoms with E-state index in [-0.39, 0.29) is 17.6 Å². The maximum absolute atomic E-state index is 14.2. The van der Waals surface area contributed by atoms with Gasteiger partial charge in [0, 0.05) is 33.8 Å². The first-order valence-corrected chi connectivity index (χ1v) is 13.7. The van der Waals surface area contributed by atoms with E-state index >= 15 is 0 Å². The van der Waals surface area contributed by atoms with Crippen molar-refractivity contribution in [3.05, 3.63) is 65.7 Å². The highest BCUT2D eigenvalue weighted by atomic mass is 32.2. The van der Waals surface area contributed by atoms with Gasteiger partial charge in [-0.25, -0.2) is 14.4 Å². The molecule has 1 amide bonds. The van der Waals surface area contributed by atoms with Crippen LogP contribution in [-0.4, -0.2) is 35.2 Å². The summed E-state index contributed by atoms with van der Waals surface area (Å²) in [7, 11) is 0. The van der Waals surface area contributed by atoms with E-state index < -0.39 is 0 Å².